The Labute approximate surface area is 162 Å². The van der Waals surface area contributed by atoms with Gasteiger partial charge in [-0.1, -0.05) is 23.7 Å². The Bertz CT molecular complexity index is 1100. The average Bonchev–Trinajstić information content (AvgIpc) is 3.26. The fourth-order valence-corrected chi connectivity index (χ4v) is 4.76. The molecule has 4 rings (SSSR count). The first-order chi connectivity index (χ1) is 12.8. The molecule has 0 spiro atoms. The van der Waals surface area contributed by atoms with Crippen LogP contribution >= 0.6 is 11.6 Å². The number of aromatic amines is 1. The molecule has 1 saturated carbocycles. The molecular weight excluding hydrogens is 388 g/mol. The summed E-state index contributed by atoms with van der Waals surface area (Å²) in [5.74, 6) is 1.09. The van der Waals surface area contributed by atoms with Crippen LogP contribution in [0.4, 0.5) is 0 Å². The van der Waals surface area contributed by atoms with Crippen LogP contribution in [0.25, 0.3) is 11.5 Å². The fourth-order valence-electron chi connectivity index (χ4n) is 3.08. The topological polar surface area (TPSA) is 101 Å². The van der Waals surface area contributed by atoms with E-state index >= 15 is 0 Å². The molecule has 1 aliphatic carbocycles. The Kier molecular flexibility index (Phi) is 4.57. The van der Waals surface area contributed by atoms with Gasteiger partial charge >= 0.3 is 0 Å². The van der Waals surface area contributed by atoms with Crippen molar-refractivity contribution in [1.82, 2.24) is 19.9 Å². The molecule has 1 aliphatic rings. The van der Waals surface area contributed by atoms with Gasteiger partial charge in [-0.15, -0.1) is 10.2 Å². The van der Waals surface area contributed by atoms with Crippen molar-refractivity contribution in [1.29, 1.82) is 0 Å². The zero-order valence-corrected chi connectivity index (χ0v) is 16.5. The van der Waals surface area contributed by atoms with E-state index in [-0.39, 0.29) is 17.3 Å². The molecule has 27 heavy (non-hydrogen) atoms. The van der Waals surface area contributed by atoms with Crippen molar-refractivity contribution >= 4 is 21.6 Å². The molecule has 2 aromatic heterocycles. The summed E-state index contributed by atoms with van der Waals surface area (Å²) in [6, 6.07) is 7.05. The number of hydrogen-bond donors (Lipinski definition) is 2. The SMILES string of the molecule is Cc1[nH]c(C)c(S(=O)(=O)NCc2cccc(Cl)c2)c1-c1nnc(C2CC2)o1. The second kappa shape index (κ2) is 6.78. The molecular formula is C18H19ClN4O3S. The number of H-pyrrole nitrogens is 1. The van der Waals surface area contributed by atoms with Crippen LogP contribution in [0.15, 0.2) is 33.6 Å². The minimum atomic E-state index is -3.81. The van der Waals surface area contributed by atoms with E-state index in [1.54, 1.807) is 32.0 Å². The molecule has 7 nitrogen and oxygen atoms in total. The zero-order chi connectivity index (χ0) is 19.2. The van der Waals surface area contributed by atoms with Crippen molar-refractivity contribution in [2.75, 3.05) is 0 Å². The third-order valence-electron chi connectivity index (χ3n) is 4.52. The maximum Gasteiger partial charge on any atom is 0.250 e. The summed E-state index contributed by atoms with van der Waals surface area (Å²) in [6.07, 6.45) is 2.05. The Balaban J connectivity index is 1.67. The molecule has 1 aromatic carbocycles. The molecule has 142 valence electrons. The van der Waals surface area contributed by atoms with Gasteiger partial charge in [-0.25, -0.2) is 13.1 Å². The number of benzene rings is 1. The van der Waals surface area contributed by atoms with Gasteiger partial charge in [0.25, 0.3) is 5.89 Å². The standard InChI is InChI=1S/C18H19ClN4O3S/c1-10-15(18-23-22-17(26-18)13-6-7-13)16(11(2)21-10)27(24,25)20-9-12-4-3-5-14(19)8-12/h3-5,8,13,20-21H,6-7,9H2,1-2H3. The number of nitrogens with one attached hydrogen (secondary N) is 2. The quantitative estimate of drug-likeness (QED) is 0.650. The number of hydrogen-bond acceptors (Lipinski definition) is 5. The van der Waals surface area contributed by atoms with E-state index in [9.17, 15) is 8.42 Å². The van der Waals surface area contributed by atoms with Gasteiger partial charge in [0.2, 0.25) is 15.9 Å². The van der Waals surface area contributed by atoms with Crippen molar-refractivity contribution in [3.63, 3.8) is 0 Å². The smallest absolute Gasteiger partial charge is 0.250 e. The van der Waals surface area contributed by atoms with Crippen LogP contribution < -0.4 is 4.72 Å². The van der Waals surface area contributed by atoms with Crippen molar-refractivity contribution in [2.24, 2.45) is 0 Å². The minimum absolute atomic E-state index is 0.128. The Morgan fingerprint density at radius 1 is 1.26 bits per heavy atom. The van der Waals surface area contributed by atoms with E-state index in [4.69, 9.17) is 16.0 Å². The maximum absolute atomic E-state index is 13.0. The molecule has 0 unspecified atom stereocenters. The molecule has 2 heterocycles. The first kappa shape index (κ1) is 18.2. The Hall–Kier alpha value is -2.16. The number of aromatic nitrogens is 3. The molecule has 0 aliphatic heterocycles. The summed E-state index contributed by atoms with van der Waals surface area (Å²) in [5.41, 5.74) is 2.38. The van der Waals surface area contributed by atoms with E-state index in [1.165, 1.54) is 0 Å². The van der Waals surface area contributed by atoms with Crippen LogP contribution in [-0.2, 0) is 16.6 Å². The second-order valence-corrected chi connectivity index (χ2v) is 8.89. The number of sulfonamides is 1. The van der Waals surface area contributed by atoms with Gasteiger partial charge in [-0.05, 0) is 44.4 Å². The molecule has 0 bridgehead atoms. The molecule has 3 aromatic rings. The van der Waals surface area contributed by atoms with Crippen molar-refractivity contribution in [2.45, 2.75) is 44.0 Å². The van der Waals surface area contributed by atoms with E-state index in [0.717, 1.165) is 18.4 Å². The van der Waals surface area contributed by atoms with Crippen LogP contribution in [-0.4, -0.2) is 23.6 Å². The lowest BCUT2D eigenvalue weighted by molar-refractivity contribution is 0.506. The third-order valence-corrected chi connectivity index (χ3v) is 6.33. The van der Waals surface area contributed by atoms with Gasteiger partial charge < -0.3 is 9.40 Å². The van der Waals surface area contributed by atoms with Gasteiger partial charge in [0.05, 0.1) is 5.56 Å². The predicted molar refractivity (Wildman–Crippen MR) is 101 cm³/mol. The first-order valence-electron chi connectivity index (χ1n) is 8.62. The second-order valence-electron chi connectivity index (χ2n) is 6.75. The monoisotopic (exact) mass is 406 g/mol. The van der Waals surface area contributed by atoms with Crippen LogP contribution in [0.3, 0.4) is 0 Å². The molecule has 2 N–H and O–H groups in total. The summed E-state index contributed by atoms with van der Waals surface area (Å²) in [5, 5.41) is 8.71. The highest BCUT2D eigenvalue weighted by atomic mass is 35.5. The highest BCUT2D eigenvalue weighted by Gasteiger charge is 2.32. The summed E-state index contributed by atoms with van der Waals surface area (Å²) < 4.78 is 34.4. The van der Waals surface area contributed by atoms with Gasteiger partial charge in [-0.3, -0.25) is 0 Å². The van der Waals surface area contributed by atoms with Crippen molar-refractivity contribution < 1.29 is 12.8 Å². The lowest BCUT2D eigenvalue weighted by Gasteiger charge is -2.08. The minimum Gasteiger partial charge on any atom is -0.420 e. The van der Waals surface area contributed by atoms with E-state index in [1.807, 2.05) is 6.07 Å². The number of rotatable bonds is 6. The normalized spacial score (nSPS) is 14.6. The number of aryl methyl sites for hydroxylation is 2. The molecule has 0 amide bonds. The predicted octanol–water partition coefficient (Wildman–Crippen LogP) is 3.69. The number of halogens is 1. The fraction of sp³-hybridized carbons (Fsp3) is 0.333. The van der Waals surface area contributed by atoms with Gasteiger partial charge in [0.1, 0.15) is 4.90 Å². The first-order valence-corrected chi connectivity index (χ1v) is 10.5. The summed E-state index contributed by atoms with van der Waals surface area (Å²) in [7, 11) is -3.81. The average molecular weight is 407 g/mol. The van der Waals surface area contributed by atoms with E-state index in [0.29, 0.717) is 33.8 Å². The van der Waals surface area contributed by atoms with Gasteiger partial charge in [0.15, 0.2) is 0 Å². The van der Waals surface area contributed by atoms with Crippen LogP contribution in [0.5, 0.6) is 0 Å². The highest BCUT2D eigenvalue weighted by molar-refractivity contribution is 7.89. The van der Waals surface area contributed by atoms with Crippen LogP contribution in [0.1, 0.15) is 41.6 Å². The lowest BCUT2D eigenvalue weighted by atomic mass is 10.2. The largest absolute Gasteiger partial charge is 0.420 e. The van der Waals surface area contributed by atoms with Crippen molar-refractivity contribution in [3.8, 4) is 11.5 Å². The molecule has 9 heteroatoms. The Morgan fingerprint density at radius 2 is 2.04 bits per heavy atom. The molecule has 1 fully saturated rings. The maximum atomic E-state index is 13.0. The van der Waals surface area contributed by atoms with Crippen molar-refractivity contribution in [3.05, 3.63) is 52.1 Å². The number of nitrogens with zero attached hydrogens (tertiary/aromatic N) is 2. The third kappa shape index (κ3) is 3.65. The summed E-state index contributed by atoms with van der Waals surface area (Å²) in [6.45, 7) is 3.63. The molecule has 0 saturated heterocycles. The zero-order valence-electron chi connectivity index (χ0n) is 14.9. The molecule has 0 radical (unpaired) electrons. The lowest BCUT2D eigenvalue weighted by Crippen LogP contribution is -2.24. The summed E-state index contributed by atoms with van der Waals surface area (Å²) in [4.78, 5) is 3.21. The van der Waals surface area contributed by atoms with Crippen LogP contribution in [0, 0.1) is 13.8 Å². The van der Waals surface area contributed by atoms with E-state index in [2.05, 4.69) is 19.9 Å². The van der Waals surface area contributed by atoms with Gasteiger partial charge in [-0.2, -0.15) is 0 Å². The Morgan fingerprint density at radius 3 is 2.74 bits per heavy atom. The van der Waals surface area contributed by atoms with E-state index < -0.39 is 10.0 Å². The van der Waals surface area contributed by atoms with Gasteiger partial charge in [0, 0.05) is 28.9 Å². The summed E-state index contributed by atoms with van der Waals surface area (Å²) >= 11 is 5.97. The molecule has 0 atom stereocenters. The van der Waals surface area contributed by atoms with Crippen LogP contribution in [0.2, 0.25) is 5.02 Å². The highest BCUT2D eigenvalue weighted by Crippen LogP contribution is 2.41.